The number of hydrogen-bond acceptors (Lipinski definition) is 8. The maximum absolute atomic E-state index is 10.9. The van der Waals surface area contributed by atoms with E-state index in [1.54, 1.807) is 30.3 Å². The Kier molecular flexibility index (Phi) is 10.2. The summed E-state index contributed by atoms with van der Waals surface area (Å²) in [6.07, 6.45) is 0. The average Bonchev–Trinajstić information content (AvgIpc) is 2.77. The molecule has 0 aliphatic heterocycles. The molecule has 0 saturated heterocycles. The van der Waals surface area contributed by atoms with E-state index in [2.05, 4.69) is 0 Å². The van der Waals surface area contributed by atoms with Crippen LogP contribution in [0.4, 0.5) is 0 Å². The van der Waals surface area contributed by atoms with E-state index >= 15 is 0 Å². The number of rotatable bonds is 10. The van der Waals surface area contributed by atoms with Gasteiger partial charge in [0.25, 0.3) is 0 Å². The average molecular weight is 543 g/mol. The Bertz CT molecular complexity index is 960. The van der Waals surface area contributed by atoms with Gasteiger partial charge in [0.15, 0.2) is 0 Å². The SMILES string of the molecule is Cc1cc(C(C)(C)C)c(C(OP(O)O)(c2ccccc2)C(CO)(CO)COP(O)O)c(C(C)(C)C)c1. The maximum Gasteiger partial charge on any atom is 0.328 e. The molecule has 0 bridgehead atoms. The lowest BCUT2D eigenvalue weighted by molar-refractivity contribution is -0.122. The van der Waals surface area contributed by atoms with Gasteiger partial charge in [-0.05, 0) is 40.0 Å². The summed E-state index contributed by atoms with van der Waals surface area (Å²) >= 11 is 0. The largest absolute Gasteiger partial charge is 0.395 e. The van der Waals surface area contributed by atoms with Crippen molar-refractivity contribution in [2.45, 2.75) is 64.9 Å². The zero-order valence-electron chi connectivity index (χ0n) is 22.1. The van der Waals surface area contributed by atoms with Gasteiger partial charge in [-0.2, -0.15) is 0 Å². The molecule has 0 spiro atoms. The van der Waals surface area contributed by atoms with Crippen molar-refractivity contribution in [3.05, 3.63) is 70.3 Å². The Morgan fingerprint density at radius 3 is 1.58 bits per heavy atom. The predicted molar refractivity (Wildman–Crippen MR) is 142 cm³/mol. The third-order valence-electron chi connectivity index (χ3n) is 6.46. The van der Waals surface area contributed by atoms with Crippen LogP contribution in [0, 0.1) is 12.3 Å². The van der Waals surface area contributed by atoms with E-state index in [1.165, 1.54) is 0 Å². The third-order valence-corrected chi connectivity index (χ3v) is 7.26. The molecule has 2 aromatic rings. The van der Waals surface area contributed by atoms with Crippen LogP contribution in [0.3, 0.4) is 0 Å². The van der Waals surface area contributed by atoms with E-state index in [0.717, 1.165) is 16.7 Å². The van der Waals surface area contributed by atoms with Crippen LogP contribution >= 0.6 is 17.2 Å². The first-order chi connectivity index (χ1) is 16.6. The number of aryl methyl sites for hydroxylation is 1. The van der Waals surface area contributed by atoms with Gasteiger partial charge < -0.3 is 34.3 Å². The minimum absolute atomic E-state index is 0.437. The highest BCUT2D eigenvalue weighted by Crippen LogP contribution is 2.58. The van der Waals surface area contributed by atoms with E-state index in [-0.39, 0.29) is 0 Å². The second kappa shape index (κ2) is 11.8. The fourth-order valence-electron chi connectivity index (χ4n) is 4.70. The molecule has 2 aromatic carbocycles. The Hall–Kier alpha value is -1.02. The summed E-state index contributed by atoms with van der Waals surface area (Å²) in [6.45, 7) is 12.1. The molecular formula is C26H40O8P2. The summed E-state index contributed by atoms with van der Waals surface area (Å²) < 4.78 is 11.3. The number of aliphatic hydroxyl groups is 2. The highest BCUT2D eigenvalue weighted by Gasteiger charge is 2.59. The van der Waals surface area contributed by atoms with Gasteiger partial charge in [-0.1, -0.05) is 89.6 Å². The lowest BCUT2D eigenvalue weighted by Crippen LogP contribution is -2.56. The van der Waals surface area contributed by atoms with Crippen molar-refractivity contribution in [1.29, 1.82) is 0 Å². The van der Waals surface area contributed by atoms with Crippen LogP contribution in [0.5, 0.6) is 0 Å². The van der Waals surface area contributed by atoms with Crippen LogP contribution in [-0.2, 0) is 25.5 Å². The first-order valence-corrected chi connectivity index (χ1v) is 14.0. The second-order valence-corrected chi connectivity index (χ2v) is 12.7. The summed E-state index contributed by atoms with van der Waals surface area (Å²) in [6, 6.07) is 12.7. The zero-order valence-corrected chi connectivity index (χ0v) is 23.8. The molecule has 0 aromatic heterocycles. The van der Waals surface area contributed by atoms with Crippen molar-refractivity contribution in [3.8, 4) is 0 Å². The molecule has 1 atom stereocenters. The van der Waals surface area contributed by atoms with Crippen LogP contribution in [0.15, 0.2) is 42.5 Å². The number of hydrogen-bond donors (Lipinski definition) is 6. The molecule has 0 aliphatic carbocycles. The fraction of sp³-hybridized carbons (Fsp3) is 0.538. The van der Waals surface area contributed by atoms with Gasteiger partial charge in [0.1, 0.15) is 5.60 Å². The predicted octanol–water partition coefficient (Wildman–Crippen LogP) is 4.26. The molecular weight excluding hydrogens is 502 g/mol. The molecule has 0 radical (unpaired) electrons. The van der Waals surface area contributed by atoms with Gasteiger partial charge in [-0.15, -0.1) is 0 Å². The van der Waals surface area contributed by atoms with E-state index in [0.29, 0.717) is 11.1 Å². The molecule has 36 heavy (non-hydrogen) atoms. The highest BCUT2D eigenvalue weighted by atomic mass is 31.2. The molecule has 6 N–H and O–H groups in total. The molecule has 2 rings (SSSR count). The zero-order chi connectivity index (χ0) is 27.5. The first-order valence-electron chi connectivity index (χ1n) is 11.7. The molecule has 0 amide bonds. The quantitative estimate of drug-likeness (QED) is 0.245. The van der Waals surface area contributed by atoms with Gasteiger partial charge in [-0.3, -0.25) is 4.52 Å². The van der Waals surface area contributed by atoms with Crippen molar-refractivity contribution >= 4 is 17.2 Å². The third kappa shape index (κ3) is 6.33. The lowest BCUT2D eigenvalue weighted by atomic mass is 9.60. The first kappa shape index (κ1) is 31.2. The Morgan fingerprint density at radius 1 is 0.750 bits per heavy atom. The topological polar surface area (TPSA) is 140 Å². The molecule has 0 fully saturated rings. The van der Waals surface area contributed by atoms with Gasteiger partial charge in [-0.25, -0.2) is 0 Å². The normalized spacial score (nSPS) is 15.0. The summed E-state index contributed by atoms with van der Waals surface area (Å²) in [4.78, 5) is 40.0. The Labute approximate surface area is 216 Å². The van der Waals surface area contributed by atoms with E-state index in [9.17, 15) is 29.8 Å². The fourth-order valence-corrected chi connectivity index (χ4v) is 5.70. The summed E-state index contributed by atoms with van der Waals surface area (Å²) in [7, 11) is -5.88. The molecule has 10 heteroatoms. The lowest BCUT2D eigenvalue weighted by Gasteiger charge is -2.51. The van der Waals surface area contributed by atoms with Crippen LogP contribution in [0.25, 0.3) is 0 Å². The number of aliphatic hydroxyl groups excluding tert-OH is 2. The van der Waals surface area contributed by atoms with Gasteiger partial charge in [0, 0.05) is 0 Å². The van der Waals surface area contributed by atoms with Crippen LogP contribution < -0.4 is 0 Å². The summed E-state index contributed by atoms with van der Waals surface area (Å²) in [5, 5.41) is 21.7. The van der Waals surface area contributed by atoms with Crippen molar-refractivity contribution in [1.82, 2.24) is 0 Å². The summed E-state index contributed by atoms with van der Waals surface area (Å²) in [5.41, 5.74) is -0.972. The van der Waals surface area contributed by atoms with Crippen LogP contribution in [-0.4, -0.2) is 49.6 Å². The van der Waals surface area contributed by atoms with E-state index in [1.807, 2.05) is 60.6 Å². The van der Waals surface area contributed by atoms with Crippen molar-refractivity contribution < 1.29 is 38.8 Å². The van der Waals surface area contributed by atoms with Gasteiger partial charge in [0.05, 0.1) is 25.2 Å². The highest BCUT2D eigenvalue weighted by molar-refractivity contribution is 7.39. The molecule has 0 aliphatic rings. The van der Waals surface area contributed by atoms with Gasteiger partial charge >= 0.3 is 17.2 Å². The van der Waals surface area contributed by atoms with Crippen LogP contribution in [0.2, 0.25) is 0 Å². The van der Waals surface area contributed by atoms with Crippen molar-refractivity contribution in [3.63, 3.8) is 0 Å². The Balaban J connectivity index is 3.29. The van der Waals surface area contributed by atoms with Gasteiger partial charge in [0.2, 0.25) is 0 Å². The maximum atomic E-state index is 10.9. The minimum Gasteiger partial charge on any atom is -0.395 e. The standard InChI is InChI=1S/C26H40O8P2/c1-18-13-20(23(2,3)4)22(21(14-18)24(5,6)7)26(34-36(31)32,19-11-9-8-10-12-19)25(15-27,16-28)17-33-35(29)30/h8-14,27-32H,15-17H2,1-7H3. The monoisotopic (exact) mass is 542 g/mol. The minimum atomic E-state index is -3.04. The smallest absolute Gasteiger partial charge is 0.328 e. The Morgan fingerprint density at radius 2 is 1.22 bits per heavy atom. The summed E-state index contributed by atoms with van der Waals surface area (Å²) in [5.74, 6) is 0. The van der Waals surface area contributed by atoms with E-state index < -0.39 is 58.9 Å². The second-order valence-electron chi connectivity index (χ2n) is 11.2. The van der Waals surface area contributed by atoms with Crippen LogP contribution in [0.1, 0.15) is 69.4 Å². The van der Waals surface area contributed by atoms with Crippen molar-refractivity contribution in [2.24, 2.45) is 5.41 Å². The number of benzene rings is 2. The molecule has 8 nitrogen and oxygen atoms in total. The molecule has 202 valence electrons. The van der Waals surface area contributed by atoms with Crippen molar-refractivity contribution in [2.75, 3.05) is 19.8 Å². The molecule has 1 unspecified atom stereocenters. The molecule has 0 heterocycles. The van der Waals surface area contributed by atoms with E-state index in [4.69, 9.17) is 9.05 Å². The molecule has 0 saturated carbocycles.